The van der Waals surface area contributed by atoms with E-state index in [0.29, 0.717) is 22.6 Å². The summed E-state index contributed by atoms with van der Waals surface area (Å²) in [5, 5.41) is 0. The van der Waals surface area contributed by atoms with Crippen molar-refractivity contribution in [2.75, 3.05) is 6.61 Å². The Morgan fingerprint density at radius 3 is 2.19 bits per heavy atom. The molecule has 3 rings (SSSR count). The van der Waals surface area contributed by atoms with Gasteiger partial charge in [0.25, 0.3) is 0 Å². The summed E-state index contributed by atoms with van der Waals surface area (Å²) in [6.07, 6.45) is -2.64. The fourth-order valence-corrected chi connectivity index (χ4v) is 3.17. The van der Waals surface area contributed by atoms with E-state index in [0.717, 1.165) is 0 Å². The van der Waals surface area contributed by atoms with Gasteiger partial charge in [-0.3, -0.25) is 0 Å². The van der Waals surface area contributed by atoms with Gasteiger partial charge >= 0.3 is 0 Å². The first kappa shape index (κ1) is 23.7. The lowest BCUT2D eigenvalue weighted by Gasteiger charge is -2.29. The highest BCUT2D eigenvalue weighted by Crippen LogP contribution is 2.33. The molecule has 3 aromatic carbocycles. The second kappa shape index (κ2) is 10.6. The number of hydrogen-bond acceptors (Lipinski definition) is 3. The van der Waals surface area contributed by atoms with Gasteiger partial charge in [0.2, 0.25) is 6.43 Å². The van der Waals surface area contributed by atoms with Crippen molar-refractivity contribution in [3.8, 4) is 17.2 Å². The van der Waals surface area contributed by atoms with Gasteiger partial charge in [0.15, 0.2) is 11.6 Å². The van der Waals surface area contributed by atoms with Crippen LogP contribution in [0.5, 0.6) is 17.2 Å². The summed E-state index contributed by atoms with van der Waals surface area (Å²) in [7, 11) is 0. The van der Waals surface area contributed by atoms with Crippen molar-refractivity contribution < 1.29 is 27.4 Å². The highest BCUT2D eigenvalue weighted by atomic mass is 19.3. The van der Waals surface area contributed by atoms with E-state index in [9.17, 15) is 13.2 Å². The van der Waals surface area contributed by atoms with Gasteiger partial charge < -0.3 is 14.2 Å². The summed E-state index contributed by atoms with van der Waals surface area (Å²) in [5.41, 5.74) is -0.426. The molecule has 0 aromatic heterocycles. The maximum Gasteiger partial charge on any atom is 0.250 e. The zero-order chi connectivity index (χ0) is 23.1. The maximum absolute atomic E-state index is 14.1. The van der Waals surface area contributed by atoms with E-state index < -0.39 is 17.7 Å². The number of ether oxygens (including phenoxy) is 3. The smallest absolute Gasteiger partial charge is 0.250 e. The normalized spacial score (nSPS) is 13.2. The Morgan fingerprint density at radius 2 is 1.56 bits per heavy atom. The van der Waals surface area contributed by atoms with Crippen LogP contribution in [0.15, 0.2) is 72.8 Å². The number of rotatable bonds is 10. The molecule has 0 fully saturated rings. The largest absolute Gasteiger partial charge is 0.491 e. The van der Waals surface area contributed by atoms with Crippen molar-refractivity contribution in [1.82, 2.24) is 0 Å². The first-order chi connectivity index (χ1) is 15.3. The van der Waals surface area contributed by atoms with Crippen LogP contribution in [0.25, 0.3) is 0 Å². The van der Waals surface area contributed by atoms with Crippen LogP contribution in [-0.4, -0.2) is 19.1 Å². The van der Waals surface area contributed by atoms with E-state index in [1.54, 1.807) is 54.6 Å². The molecule has 0 aliphatic heterocycles. The fraction of sp³-hybridized carbons (Fsp3) is 0.308. The minimum Gasteiger partial charge on any atom is -0.491 e. The summed E-state index contributed by atoms with van der Waals surface area (Å²) in [6.45, 7) is 5.10. The molecule has 32 heavy (non-hydrogen) atoms. The number of hydrogen-bond donors (Lipinski definition) is 0. The molecule has 0 N–H and O–H groups in total. The molecule has 3 aromatic rings. The van der Waals surface area contributed by atoms with E-state index in [4.69, 9.17) is 14.2 Å². The first-order valence-corrected chi connectivity index (χ1v) is 10.4. The number of benzene rings is 3. The Kier molecular flexibility index (Phi) is 7.80. The van der Waals surface area contributed by atoms with Crippen LogP contribution < -0.4 is 9.47 Å². The van der Waals surface area contributed by atoms with E-state index in [1.807, 2.05) is 19.9 Å². The Labute approximate surface area is 186 Å². The van der Waals surface area contributed by atoms with Crippen LogP contribution in [0.2, 0.25) is 0 Å². The second-order valence-corrected chi connectivity index (χ2v) is 8.08. The fourth-order valence-electron chi connectivity index (χ4n) is 3.17. The average molecular weight is 444 g/mol. The molecule has 0 spiro atoms. The van der Waals surface area contributed by atoms with Crippen molar-refractivity contribution >= 4 is 0 Å². The summed E-state index contributed by atoms with van der Waals surface area (Å²) in [6, 6.07) is 19.8. The topological polar surface area (TPSA) is 27.7 Å². The third kappa shape index (κ3) is 6.04. The van der Waals surface area contributed by atoms with Crippen LogP contribution >= 0.6 is 0 Å². The molecule has 1 atom stereocenters. The molecule has 6 heteroatoms. The van der Waals surface area contributed by atoms with Gasteiger partial charge in [0.05, 0.1) is 24.7 Å². The molecule has 170 valence electrons. The van der Waals surface area contributed by atoms with E-state index >= 15 is 0 Å². The zero-order valence-corrected chi connectivity index (χ0v) is 18.4. The van der Waals surface area contributed by atoms with Gasteiger partial charge in [-0.2, -0.15) is 0 Å². The monoisotopic (exact) mass is 444 g/mol. The molecular formula is C26H27F3O3. The first-order valence-electron chi connectivity index (χ1n) is 10.4. The molecule has 0 saturated carbocycles. The van der Waals surface area contributed by atoms with Crippen LogP contribution in [-0.2, 0) is 16.8 Å². The van der Waals surface area contributed by atoms with Gasteiger partial charge in [-0.05, 0) is 68.3 Å². The van der Waals surface area contributed by atoms with Crippen LogP contribution in [0, 0.1) is 5.82 Å². The molecular weight excluding hydrogens is 417 g/mol. The van der Waals surface area contributed by atoms with Gasteiger partial charge in [0.1, 0.15) is 11.5 Å². The molecule has 0 aliphatic carbocycles. The van der Waals surface area contributed by atoms with Crippen LogP contribution in [0.3, 0.4) is 0 Å². The van der Waals surface area contributed by atoms with Gasteiger partial charge in [-0.25, -0.2) is 13.2 Å². The lowest BCUT2D eigenvalue weighted by molar-refractivity contribution is -0.0128. The maximum atomic E-state index is 14.1. The summed E-state index contributed by atoms with van der Waals surface area (Å²) in [4.78, 5) is 0. The zero-order valence-electron chi connectivity index (χ0n) is 18.4. The standard InChI is InChI=1S/C26H27F3O3/c1-18(2)31-22-12-10-20(11-13-22)26(3,25(28)29)17-30-16-19-9-14-23(27)24(15-19)32-21-7-5-4-6-8-21/h4-15,18,25H,16-17H2,1-3H3. The quantitative estimate of drug-likeness (QED) is 0.332. The number of alkyl halides is 2. The highest BCUT2D eigenvalue weighted by molar-refractivity contribution is 5.35. The van der Waals surface area contributed by atoms with Crippen LogP contribution in [0.4, 0.5) is 13.2 Å². The van der Waals surface area contributed by atoms with E-state index in [1.165, 1.54) is 19.1 Å². The summed E-state index contributed by atoms with van der Waals surface area (Å²) >= 11 is 0. The molecule has 0 heterocycles. The van der Waals surface area contributed by atoms with Gasteiger partial charge in [-0.15, -0.1) is 0 Å². The molecule has 0 saturated heterocycles. The summed E-state index contributed by atoms with van der Waals surface area (Å²) in [5.74, 6) is 0.659. The predicted molar refractivity (Wildman–Crippen MR) is 118 cm³/mol. The minimum absolute atomic E-state index is 0.00265. The molecule has 0 aliphatic rings. The Bertz CT molecular complexity index is 991. The summed E-state index contributed by atoms with van der Waals surface area (Å²) < 4.78 is 58.9. The van der Waals surface area contributed by atoms with Gasteiger partial charge in [0, 0.05) is 0 Å². The highest BCUT2D eigenvalue weighted by Gasteiger charge is 2.37. The molecule has 1 unspecified atom stereocenters. The van der Waals surface area contributed by atoms with Crippen molar-refractivity contribution in [1.29, 1.82) is 0 Å². The minimum atomic E-state index is -2.63. The number of halogens is 3. The third-order valence-corrected chi connectivity index (χ3v) is 5.00. The average Bonchev–Trinajstić information content (AvgIpc) is 2.76. The molecule has 0 radical (unpaired) electrons. The third-order valence-electron chi connectivity index (χ3n) is 5.00. The van der Waals surface area contributed by atoms with Crippen molar-refractivity contribution in [3.05, 3.63) is 89.7 Å². The van der Waals surface area contributed by atoms with Crippen molar-refractivity contribution in [2.45, 2.75) is 45.3 Å². The van der Waals surface area contributed by atoms with Gasteiger partial charge in [-0.1, -0.05) is 36.4 Å². The van der Waals surface area contributed by atoms with Crippen LogP contribution in [0.1, 0.15) is 31.9 Å². The molecule has 0 amide bonds. The van der Waals surface area contributed by atoms with E-state index in [-0.39, 0.29) is 25.1 Å². The number of para-hydroxylation sites is 1. The Morgan fingerprint density at radius 1 is 0.875 bits per heavy atom. The second-order valence-electron chi connectivity index (χ2n) is 8.08. The van der Waals surface area contributed by atoms with Crippen molar-refractivity contribution in [2.24, 2.45) is 0 Å². The predicted octanol–water partition coefficient (Wildman–Crippen LogP) is 7.14. The molecule has 0 bridgehead atoms. The SMILES string of the molecule is CC(C)Oc1ccc(C(C)(COCc2ccc(F)c(Oc3ccccc3)c2)C(F)F)cc1. The van der Waals surface area contributed by atoms with Crippen molar-refractivity contribution in [3.63, 3.8) is 0 Å². The molecule has 3 nitrogen and oxygen atoms in total. The van der Waals surface area contributed by atoms with E-state index in [2.05, 4.69) is 0 Å². The Hall–Kier alpha value is -2.99. The Balaban J connectivity index is 1.67. The lowest BCUT2D eigenvalue weighted by atomic mass is 9.83. The lowest BCUT2D eigenvalue weighted by Crippen LogP contribution is -2.36.